The van der Waals surface area contributed by atoms with E-state index in [0.717, 1.165) is 37.7 Å². The molecule has 20 heavy (non-hydrogen) atoms. The van der Waals surface area contributed by atoms with E-state index >= 15 is 0 Å². The van der Waals surface area contributed by atoms with Crippen LogP contribution in [0.25, 0.3) is 0 Å². The highest BCUT2D eigenvalue weighted by Gasteiger charge is 2.08. The average Bonchev–Trinajstić information content (AvgIpc) is 2.38. The zero-order valence-electron chi connectivity index (χ0n) is 13.1. The van der Waals surface area contributed by atoms with Crippen molar-refractivity contribution in [2.75, 3.05) is 31.6 Å². The number of benzene rings is 1. The van der Waals surface area contributed by atoms with E-state index in [4.69, 9.17) is 16.3 Å². The monoisotopic (exact) mass is 298 g/mol. The summed E-state index contributed by atoms with van der Waals surface area (Å²) in [7, 11) is 2.09. The molecule has 0 fully saturated rings. The first-order valence-corrected chi connectivity index (χ1v) is 7.74. The summed E-state index contributed by atoms with van der Waals surface area (Å²) in [6.07, 6.45) is 1.41. The van der Waals surface area contributed by atoms with Crippen LogP contribution in [-0.2, 0) is 11.3 Å². The molecule has 0 unspecified atom stereocenters. The van der Waals surface area contributed by atoms with Crippen LogP contribution in [-0.4, -0.2) is 32.8 Å². The summed E-state index contributed by atoms with van der Waals surface area (Å²) < 4.78 is 5.61. The zero-order valence-corrected chi connectivity index (χ0v) is 13.8. The minimum absolute atomic E-state index is 0.277. The number of ether oxygens (including phenoxy) is 1. The van der Waals surface area contributed by atoms with Gasteiger partial charge in [-0.1, -0.05) is 18.5 Å². The van der Waals surface area contributed by atoms with Gasteiger partial charge in [-0.2, -0.15) is 0 Å². The molecule has 0 aliphatic rings. The van der Waals surface area contributed by atoms with Gasteiger partial charge in [0.05, 0.1) is 12.7 Å². The third-order valence-corrected chi connectivity index (χ3v) is 3.31. The van der Waals surface area contributed by atoms with Crippen LogP contribution >= 0.6 is 11.6 Å². The SMILES string of the molecule is CCCNCc1cc(Cl)ccc1N(C)CCOC(C)C. The molecule has 1 aromatic carbocycles. The van der Waals surface area contributed by atoms with Gasteiger partial charge in [-0.05, 0) is 50.6 Å². The van der Waals surface area contributed by atoms with Crippen molar-refractivity contribution in [2.45, 2.75) is 39.8 Å². The van der Waals surface area contributed by atoms with Crippen molar-refractivity contribution < 1.29 is 4.74 Å². The van der Waals surface area contributed by atoms with Crippen molar-refractivity contribution in [3.05, 3.63) is 28.8 Å². The maximum atomic E-state index is 6.11. The van der Waals surface area contributed by atoms with E-state index in [0.29, 0.717) is 0 Å². The summed E-state index contributed by atoms with van der Waals surface area (Å²) in [4.78, 5) is 2.22. The van der Waals surface area contributed by atoms with Gasteiger partial charge in [0.15, 0.2) is 0 Å². The molecule has 4 heteroatoms. The number of nitrogens with zero attached hydrogens (tertiary/aromatic N) is 1. The molecule has 0 saturated carbocycles. The van der Waals surface area contributed by atoms with E-state index in [9.17, 15) is 0 Å². The first-order chi connectivity index (χ1) is 9.54. The summed E-state index contributed by atoms with van der Waals surface area (Å²) in [5.41, 5.74) is 2.45. The minimum atomic E-state index is 0.277. The third kappa shape index (κ3) is 6.12. The Hall–Kier alpha value is -0.770. The molecule has 0 aliphatic carbocycles. The lowest BCUT2D eigenvalue weighted by atomic mass is 10.1. The molecule has 0 bridgehead atoms. The van der Waals surface area contributed by atoms with Crippen molar-refractivity contribution in [1.29, 1.82) is 0 Å². The number of hydrogen-bond acceptors (Lipinski definition) is 3. The third-order valence-electron chi connectivity index (χ3n) is 3.07. The van der Waals surface area contributed by atoms with Crippen molar-refractivity contribution in [3.8, 4) is 0 Å². The maximum absolute atomic E-state index is 6.11. The number of hydrogen-bond donors (Lipinski definition) is 1. The van der Waals surface area contributed by atoms with Gasteiger partial charge in [0, 0.05) is 30.8 Å². The summed E-state index contributed by atoms with van der Waals surface area (Å²) in [6, 6.07) is 6.07. The quantitative estimate of drug-likeness (QED) is 0.704. The minimum Gasteiger partial charge on any atom is -0.377 e. The second-order valence-corrected chi connectivity index (χ2v) is 5.73. The molecule has 0 aromatic heterocycles. The normalized spacial score (nSPS) is 11.1. The lowest BCUT2D eigenvalue weighted by Gasteiger charge is -2.23. The lowest BCUT2D eigenvalue weighted by molar-refractivity contribution is 0.0846. The van der Waals surface area contributed by atoms with Crippen LogP contribution in [0.15, 0.2) is 18.2 Å². The molecule has 3 nitrogen and oxygen atoms in total. The molecular weight excluding hydrogens is 272 g/mol. The fraction of sp³-hybridized carbons (Fsp3) is 0.625. The summed E-state index contributed by atoms with van der Waals surface area (Å²) in [5.74, 6) is 0. The number of nitrogens with one attached hydrogen (secondary N) is 1. The number of likely N-dealkylation sites (N-methyl/N-ethyl adjacent to an activating group) is 1. The van der Waals surface area contributed by atoms with E-state index in [1.165, 1.54) is 11.3 Å². The van der Waals surface area contributed by atoms with Crippen molar-refractivity contribution in [1.82, 2.24) is 5.32 Å². The van der Waals surface area contributed by atoms with Crippen LogP contribution < -0.4 is 10.2 Å². The zero-order chi connectivity index (χ0) is 15.0. The van der Waals surface area contributed by atoms with E-state index < -0.39 is 0 Å². The average molecular weight is 299 g/mol. The Balaban J connectivity index is 2.66. The van der Waals surface area contributed by atoms with Crippen molar-refractivity contribution in [2.24, 2.45) is 0 Å². The predicted octanol–water partition coefficient (Wildman–Crippen LogP) is 3.70. The van der Waals surface area contributed by atoms with Gasteiger partial charge in [-0.15, -0.1) is 0 Å². The molecule has 1 aromatic rings. The maximum Gasteiger partial charge on any atom is 0.0644 e. The molecule has 0 saturated heterocycles. The van der Waals surface area contributed by atoms with Crippen LogP contribution in [0.5, 0.6) is 0 Å². The first kappa shape index (κ1) is 17.3. The Kier molecular flexibility index (Phi) is 7.97. The molecule has 114 valence electrons. The van der Waals surface area contributed by atoms with Crippen LogP contribution in [0.2, 0.25) is 5.02 Å². The Morgan fingerprint density at radius 3 is 2.75 bits per heavy atom. The highest BCUT2D eigenvalue weighted by Crippen LogP contribution is 2.23. The van der Waals surface area contributed by atoms with Crippen LogP contribution in [0.3, 0.4) is 0 Å². The Bertz CT molecular complexity index is 396. The van der Waals surface area contributed by atoms with Gasteiger partial charge in [-0.25, -0.2) is 0 Å². The molecule has 0 spiro atoms. The predicted molar refractivity (Wildman–Crippen MR) is 87.8 cm³/mol. The van der Waals surface area contributed by atoms with E-state index in [2.05, 4.69) is 44.1 Å². The second-order valence-electron chi connectivity index (χ2n) is 5.29. The van der Waals surface area contributed by atoms with Crippen LogP contribution in [0.1, 0.15) is 32.8 Å². The fourth-order valence-electron chi connectivity index (χ4n) is 2.01. The molecule has 0 amide bonds. The lowest BCUT2D eigenvalue weighted by Crippen LogP contribution is -2.26. The molecule has 0 atom stereocenters. The topological polar surface area (TPSA) is 24.5 Å². The van der Waals surface area contributed by atoms with E-state index in [1.54, 1.807) is 0 Å². The molecule has 0 radical (unpaired) electrons. The van der Waals surface area contributed by atoms with Crippen molar-refractivity contribution >= 4 is 17.3 Å². The van der Waals surface area contributed by atoms with Gasteiger partial charge in [0.1, 0.15) is 0 Å². The fourth-order valence-corrected chi connectivity index (χ4v) is 2.21. The first-order valence-electron chi connectivity index (χ1n) is 7.36. The second kappa shape index (κ2) is 9.22. The molecule has 1 rings (SSSR count). The smallest absolute Gasteiger partial charge is 0.0644 e. The largest absolute Gasteiger partial charge is 0.377 e. The number of rotatable bonds is 9. The highest BCUT2D eigenvalue weighted by atomic mass is 35.5. The van der Waals surface area contributed by atoms with Gasteiger partial charge >= 0.3 is 0 Å². The summed E-state index contributed by atoms with van der Waals surface area (Å²) in [5, 5.41) is 4.22. The summed E-state index contributed by atoms with van der Waals surface area (Å²) in [6.45, 7) is 9.76. The highest BCUT2D eigenvalue weighted by molar-refractivity contribution is 6.30. The number of anilines is 1. The van der Waals surface area contributed by atoms with Crippen LogP contribution in [0, 0.1) is 0 Å². The van der Waals surface area contributed by atoms with E-state index in [1.807, 2.05) is 12.1 Å². The Labute approximate surface area is 128 Å². The van der Waals surface area contributed by atoms with Gasteiger partial charge < -0.3 is 15.0 Å². The molecular formula is C16H27ClN2O. The Morgan fingerprint density at radius 2 is 2.10 bits per heavy atom. The standard InChI is InChI=1S/C16H27ClN2O/c1-5-8-18-12-14-11-15(17)6-7-16(14)19(4)9-10-20-13(2)3/h6-7,11,13,18H,5,8-10,12H2,1-4H3. The number of halogens is 1. The Morgan fingerprint density at radius 1 is 1.35 bits per heavy atom. The van der Waals surface area contributed by atoms with E-state index in [-0.39, 0.29) is 6.10 Å². The molecule has 1 N–H and O–H groups in total. The molecule has 0 aliphatic heterocycles. The summed E-state index contributed by atoms with van der Waals surface area (Å²) >= 11 is 6.11. The van der Waals surface area contributed by atoms with Gasteiger partial charge in [-0.3, -0.25) is 0 Å². The van der Waals surface area contributed by atoms with Gasteiger partial charge in [0.2, 0.25) is 0 Å². The molecule has 0 heterocycles. The van der Waals surface area contributed by atoms with Crippen LogP contribution in [0.4, 0.5) is 5.69 Å². The van der Waals surface area contributed by atoms with Gasteiger partial charge in [0.25, 0.3) is 0 Å². The van der Waals surface area contributed by atoms with Crippen molar-refractivity contribution in [3.63, 3.8) is 0 Å².